The fourth-order valence-corrected chi connectivity index (χ4v) is 2.53. The zero-order valence-electron chi connectivity index (χ0n) is 13.8. The molecule has 0 saturated carbocycles. The lowest BCUT2D eigenvalue weighted by Gasteiger charge is -2.19. The second kappa shape index (κ2) is 7.13. The van der Waals surface area contributed by atoms with Gasteiger partial charge in [-0.15, -0.1) is 0 Å². The summed E-state index contributed by atoms with van der Waals surface area (Å²) in [7, 11) is 1.53. The van der Waals surface area contributed by atoms with Gasteiger partial charge in [-0.25, -0.2) is 4.39 Å². The third-order valence-electron chi connectivity index (χ3n) is 3.82. The van der Waals surface area contributed by atoms with Crippen molar-refractivity contribution in [3.8, 4) is 5.75 Å². The summed E-state index contributed by atoms with van der Waals surface area (Å²) < 4.78 is 19.9. The summed E-state index contributed by atoms with van der Waals surface area (Å²) in [5.41, 5.74) is 1.41. The van der Waals surface area contributed by atoms with Crippen molar-refractivity contribution in [3.05, 3.63) is 78.8 Å². The van der Waals surface area contributed by atoms with Gasteiger partial charge in [-0.05, 0) is 36.4 Å². The fraction of sp³-hybridized carbons (Fsp3) is 0.100. The Morgan fingerprint density at radius 1 is 1.28 bits per heavy atom. The number of amides is 1. The molecule has 0 aliphatic carbocycles. The van der Waals surface area contributed by atoms with Crippen LogP contribution in [0.4, 0.5) is 10.1 Å². The number of hydrogen-bond donors (Lipinski definition) is 0. The molecule has 3 aromatic rings. The highest BCUT2D eigenvalue weighted by Gasteiger charge is 2.19. The highest BCUT2D eigenvalue weighted by Crippen LogP contribution is 2.28. The maximum absolute atomic E-state index is 14.6. The van der Waals surface area contributed by atoms with Crippen LogP contribution in [-0.2, 0) is 0 Å². The maximum Gasteiger partial charge on any atom is 0.258 e. The molecule has 0 radical (unpaired) electrons. The molecule has 5 heteroatoms. The van der Waals surface area contributed by atoms with Gasteiger partial charge in [0.05, 0.1) is 11.2 Å². The summed E-state index contributed by atoms with van der Waals surface area (Å²) in [5, 5.41) is 0.852. The second-order valence-corrected chi connectivity index (χ2v) is 5.46. The molecule has 0 N–H and O–H groups in total. The highest BCUT2D eigenvalue weighted by atomic mass is 19.1. The van der Waals surface area contributed by atoms with Gasteiger partial charge in [0.25, 0.3) is 5.91 Å². The topological polar surface area (TPSA) is 42.4 Å². The van der Waals surface area contributed by atoms with E-state index in [-0.39, 0.29) is 24.0 Å². The predicted molar refractivity (Wildman–Crippen MR) is 96.6 cm³/mol. The molecule has 2 aromatic carbocycles. The van der Waals surface area contributed by atoms with Crippen molar-refractivity contribution in [2.45, 2.75) is 0 Å². The number of aromatic nitrogens is 1. The summed E-state index contributed by atoms with van der Waals surface area (Å²) in [6.45, 7) is 3.73. The number of carbonyl (C=O) groups is 1. The van der Waals surface area contributed by atoms with E-state index in [9.17, 15) is 9.18 Å². The van der Waals surface area contributed by atoms with E-state index in [0.29, 0.717) is 5.56 Å². The van der Waals surface area contributed by atoms with Gasteiger partial charge in [0.15, 0.2) is 11.6 Å². The molecule has 0 saturated heterocycles. The number of carbonyl (C=O) groups excluding carboxylic acids is 1. The first-order valence-corrected chi connectivity index (χ1v) is 7.77. The van der Waals surface area contributed by atoms with Crippen LogP contribution in [0.1, 0.15) is 10.4 Å². The van der Waals surface area contributed by atoms with Crippen molar-refractivity contribution in [1.82, 2.24) is 4.98 Å². The van der Waals surface area contributed by atoms with Crippen LogP contribution >= 0.6 is 0 Å². The van der Waals surface area contributed by atoms with Gasteiger partial charge in [-0.3, -0.25) is 9.78 Å². The second-order valence-electron chi connectivity index (χ2n) is 5.46. The summed E-state index contributed by atoms with van der Waals surface area (Å²) in [6, 6.07) is 13.6. The molecule has 1 aromatic heterocycles. The quantitative estimate of drug-likeness (QED) is 0.655. The van der Waals surface area contributed by atoms with E-state index in [4.69, 9.17) is 4.74 Å². The molecular formula is C20H17FN2O2. The minimum Gasteiger partial charge on any atom is -0.486 e. The molecule has 126 valence electrons. The predicted octanol–water partition coefficient (Wildman–Crippen LogP) is 4.22. The number of anilines is 1. The number of nitrogens with zero attached hydrogens (tertiary/aromatic N) is 2. The van der Waals surface area contributed by atoms with Crippen molar-refractivity contribution in [3.63, 3.8) is 0 Å². The number of halogens is 1. The van der Waals surface area contributed by atoms with Crippen molar-refractivity contribution in [2.24, 2.45) is 0 Å². The number of ether oxygens (including phenoxy) is 1. The van der Waals surface area contributed by atoms with Crippen LogP contribution in [0.15, 0.2) is 67.4 Å². The van der Waals surface area contributed by atoms with E-state index >= 15 is 0 Å². The minimum atomic E-state index is -0.581. The van der Waals surface area contributed by atoms with Crippen LogP contribution in [0.2, 0.25) is 0 Å². The first-order valence-electron chi connectivity index (χ1n) is 7.77. The van der Waals surface area contributed by atoms with E-state index in [1.807, 2.05) is 6.07 Å². The number of rotatable bonds is 5. The molecule has 0 atom stereocenters. The molecule has 0 unspecified atom stereocenters. The Labute approximate surface area is 145 Å². The Morgan fingerprint density at radius 2 is 2.12 bits per heavy atom. The molecule has 1 heterocycles. The van der Waals surface area contributed by atoms with Crippen molar-refractivity contribution in [1.29, 1.82) is 0 Å². The van der Waals surface area contributed by atoms with Gasteiger partial charge in [0.2, 0.25) is 0 Å². The number of hydrogen-bond acceptors (Lipinski definition) is 3. The van der Waals surface area contributed by atoms with E-state index in [0.717, 1.165) is 10.9 Å². The Morgan fingerprint density at radius 3 is 2.92 bits per heavy atom. The summed E-state index contributed by atoms with van der Waals surface area (Å²) >= 11 is 0. The van der Waals surface area contributed by atoms with Gasteiger partial charge in [-0.2, -0.15) is 0 Å². The van der Waals surface area contributed by atoms with Crippen LogP contribution in [-0.4, -0.2) is 24.5 Å². The Balaban J connectivity index is 1.92. The molecular weight excluding hydrogens is 319 g/mol. The van der Waals surface area contributed by atoms with Crippen molar-refractivity contribution < 1.29 is 13.9 Å². The zero-order chi connectivity index (χ0) is 17.8. The average molecular weight is 336 g/mol. The van der Waals surface area contributed by atoms with Crippen molar-refractivity contribution in [2.75, 3.05) is 18.6 Å². The molecule has 0 aliphatic rings. The first-order chi connectivity index (χ1) is 12.1. The molecule has 4 nitrogen and oxygen atoms in total. The van der Waals surface area contributed by atoms with Gasteiger partial charge in [-0.1, -0.05) is 24.8 Å². The smallest absolute Gasteiger partial charge is 0.258 e. The standard InChI is InChI=1S/C20H17FN2O2/c1-3-12-25-18-8-4-7-17(19(18)21)23(2)20(24)15-9-10-16-14(13-15)6-5-11-22-16/h3-11,13H,1,12H2,2H3. The van der Waals surface area contributed by atoms with E-state index in [2.05, 4.69) is 11.6 Å². The third-order valence-corrected chi connectivity index (χ3v) is 3.82. The third kappa shape index (κ3) is 3.35. The maximum atomic E-state index is 14.6. The minimum absolute atomic E-state index is 0.0831. The summed E-state index contributed by atoms with van der Waals surface area (Å²) in [4.78, 5) is 18.2. The average Bonchev–Trinajstić information content (AvgIpc) is 2.65. The van der Waals surface area contributed by atoms with Crippen LogP contribution < -0.4 is 9.64 Å². The van der Waals surface area contributed by atoms with E-state index < -0.39 is 5.82 Å². The van der Waals surface area contributed by atoms with Crippen LogP contribution in [0.3, 0.4) is 0 Å². The highest BCUT2D eigenvalue weighted by molar-refractivity contribution is 6.07. The summed E-state index contributed by atoms with van der Waals surface area (Å²) in [6.07, 6.45) is 3.23. The normalized spacial score (nSPS) is 10.5. The zero-order valence-corrected chi connectivity index (χ0v) is 13.8. The van der Waals surface area contributed by atoms with Gasteiger partial charge < -0.3 is 9.64 Å². The number of pyridine rings is 1. The van der Waals surface area contributed by atoms with E-state index in [1.54, 1.807) is 36.5 Å². The largest absolute Gasteiger partial charge is 0.486 e. The van der Waals surface area contributed by atoms with E-state index in [1.165, 1.54) is 30.2 Å². The van der Waals surface area contributed by atoms with Gasteiger partial charge in [0, 0.05) is 24.2 Å². The summed E-state index contributed by atoms with van der Waals surface area (Å²) in [5.74, 6) is -0.812. The number of fused-ring (bicyclic) bond motifs is 1. The molecule has 0 bridgehead atoms. The Kier molecular flexibility index (Phi) is 4.75. The van der Waals surface area contributed by atoms with Crippen LogP contribution in [0.25, 0.3) is 10.9 Å². The molecule has 1 amide bonds. The molecule has 0 aliphatic heterocycles. The van der Waals surface area contributed by atoms with Gasteiger partial charge >= 0.3 is 0 Å². The number of benzene rings is 2. The van der Waals surface area contributed by atoms with Crippen LogP contribution in [0.5, 0.6) is 5.75 Å². The lowest BCUT2D eigenvalue weighted by Crippen LogP contribution is -2.27. The fourth-order valence-electron chi connectivity index (χ4n) is 2.53. The first kappa shape index (κ1) is 16.6. The molecule has 0 spiro atoms. The Bertz CT molecular complexity index is 940. The lowest BCUT2D eigenvalue weighted by atomic mass is 10.1. The van der Waals surface area contributed by atoms with Gasteiger partial charge in [0.1, 0.15) is 6.61 Å². The molecule has 0 fully saturated rings. The molecule has 25 heavy (non-hydrogen) atoms. The van der Waals surface area contributed by atoms with Crippen LogP contribution in [0, 0.1) is 5.82 Å². The molecule has 3 rings (SSSR count). The Hall–Kier alpha value is -3.21. The monoisotopic (exact) mass is 336 g/mol. The SMILES string of the molecule is C=CCOc1cccc(N(C)C(=O)c2ccc3ncccc3c2)c1F. The lowest BCUT2D eigenvalue weighted by molar-refractivity contribution is 0.0992. The van der Waals surface area contributed by atoms with Crippen molar-refractivity contribution >= 4 is 22.5 Å².